The summed E-state index contributed by atoms with van der Waals surface area (Å²) in [5.41, 5.74) is 0. The van der Waals surface area contributed by atoms with Gasteiger partial charge in [0.25, 0.3) is 0 Å². The molecule has 0 aliphatic carbocycles. The Hall–Kier alpha value is -5.49. The van der Waals surface area contributed by atoms with Gasteiger partial charge in [0, 0.05) is 19.3 Å². The van der Waals surface area contributed by atoms with Gasteiger partial charge in [0.2, 0.25) is 0 Å². The van der Waals surface area contributed by atoms with Crippen molar-refractivity contribution in [1.82, 2.24) is 0 Å². The van der Waals surface area contributed by atoms with Crippen LogP contribution in [0, 0.1) is 0 Å². The topological polar surface area (TPSA) is 78.9 Å². The van der Waals surface area contributed by atoms with E-state index in [1.807, 2.05) is 0 Å². The summed E-state index contributed by atoms with van der Waals surface area (Å²) in [6.45, 7) is 6.11. The van der Waals surface area contributed by atoms with E-state index in [9.17, 15) is 14.4 Å². The lowest BCUT2D eigenvalue weighted by Gasteiger charge is -2.18. The van der Waals surface area contributed by atoms with E-state index in [-0.39, 0.29) is 44.4 Å². The first-order chi connectivity index (χ1) is 34.0. The Morgan fingerprint density at radius 3 is 0.725 bits per heavy atom. The molecule has 0 bridgehead atoms. The van der Waals surface area contributed by atoms with Crippen molar-refractivity contribution in [3.05, 3.63) is 182 Å². The lowest BCUT2D eigenvalue weighted by molar-refractivity contribution is -0.166. The lowest BCUT2D eigenvalue weighted by atomic mass is 10.2. The average Bonchev–Trinajstić information content (AvgIpc) is 3.35. The van der Waals surface area contributed by atoms with Gasteiger partial charge in [-0.15, -0.1) is 0 Å². The normalized spacial score (nSPS) is 13.6. The van der Waals surface area contributed by atoms with Crippen LogP contribution < -0.4 is 0 Å². The average molecular weight is 945 g/mol. The summed E-state index contributed by atoms with van der Waals surface area (Å²) in [4.78, 5) is 38.0. The second-order valence-corrected chi connectivity index (χ2v) is 16.3. The van der Waals surface area contributed by atoms with Crippen molar-refractivity contribution in [1.29, 1.82) is 0 Å². The van der Waals surface area contributed by atoms with Crippen LogP contribution in [-0.4, -0.2) is 37.2 Å². The molecule has 0 aliphatic heterocycles. The lowest BCUT2D eigenvalue weighted by Crippen LogP contribution is -2.30. The predicted molar refractivity (Wildman–Crippen MR) is 297 cm³/mol. The van der Waals surface area contributed by atoms with Crippen molar-refractivity contribution in [3.8, 4) is 0 Å². The fraction of sp³-hybridized carbons (Fsp3) is 0.476. The van der Waals surface area contributed by atoms with Crippen molar-refractivity contribution in [3.63, 3.8) is 0 Å². The Balaban J connectivity index is 4.71. The van der Waals surface area contributed by atoms with Crippen LogP contribution in [-0.2, 0) is 28.6 Å². The number of esters is 3. The molecule has 0 spiro atoms. The zero-order valence-corrected chi connectivity index (χ0v) is 43.2. The number of rotatable bonds is 44. The Morgan fingerprint density at radius 1 is 0.290 bits per heavy atom. The Kier molecular flexibility index (Phi) is 50.7. The maximum Gasteiger partial charge on any atom is 0.306 e. The van der Waals surface area contributed by atoms with Gasteiger partial charge >= 0.3 is 17.9 Å². The summed E-state index contributed by atoms with van der Waals surface area (Å²) in [6, 6.07) is 0. The van der Waals surface area contributed by atoms with Crippen LogP contribution in [0.5, 0.6) is 0 Å². The molecule has 0 saturated heterocycles. The molecule has 0 unspecified atom stereocenters. The Morgan fingerprint density at radius 2 is 0.493 bits per heavy atom. The van der Waals surface area contributed by atoms with E-state index in [2.05, 4.69) is 203 Å². The molecule has 0 saturated carbocycles. The highest BCUT2D eigenvalue weighted by molar-refractivity contribution is 5.71. The molecule has 6 nitrogen and oxygen atoms in total. The van der Waals surface area contributed by atoms with Crippen LogP contribution in [0.3, 0.4) is 0 Å². The third-order valence-corrected chi connectivity index (χ3v) is 9.89. The van der Waals surface area contributed by atoms with Gasteiger partial charge in [-0.2, -0.15) is 0 Å². The van der Waals surface area contributed by atoms with E-state index in [1.165, 1.54) is 0 Å². The summed E-state index contributed by atoms with van der Waals surface area (Å²) >= 11 is 0. The predicted octanol–water partition coefficient (Wildman–Crippen LogP) is 17.7. The number of unbranched alkanes of at least 4 members (excludes halogenated alkanes) is 3. The van der Waals surface area contributed by atoms with Crippen LogP contribution in [0.4, 0.5) is 0 Å². The molecule has 0 fully saturated rings. The maximum atomic E-state index is 12.8. The summed E-state index contributed by atoms with van der Waals surface area (Å²) in [5.74, 6) is -1.15. The second kappa shape index (κ2) is 55.1. The summed E-state index contributed by atoms with van der Waals surface area (Å²) < 4.78 is 16.7. The molecule has 69 heavy (non-hydrogen) atoms. The second-order valence-electron chi connectivity index (χ2n) is 16.3. The fourth-order valence-corrected chi connectivity index (χ4v) is 6.08. The first kappa shape index (κ1) is 63.5. The molecule has 0 N–H and O–H groups in total. The van der Waals surface area contributed by atoms with E-state index in [4.69, 9.17) is 14.2 Å². The molecule has 380 valence electrons. The number of carbonyl (C=O) groups excluding carboxylic acids is 3. The number of hydrogen-bond donors (Lipinski definition) is 0. The van der Waals surface area contributed by atoms with E-state index < -0.39 is 12.1 Å². The van der Waals surface area contributed by atoms with Crippen LogP contribution in [0.2, 0.25) is 0 Å². The van der Waals surface area contributed by atoms with Gasteiger partial charge in [-0.05, 0) is 135 Å². The van der Waals surface area contributed by atoms with Crippen LogP contribution in [0.1, 0.15) is 175 Å². The largest absolute Gasteiger partial charge is 0.462 e. The molecular weight excluding hydrogens is 853 g/mol. The molecule has 0 rings (SSSR count). The van der Waals surface area contributed by atoms with Crippen molar-refractivity contribution in [2.24, 2.45) is 0 Å². The van der Waals surface area contributed by atoms with Gasteiger partial charge < -0.3 is 14.2 Å². The third-order valence-electron chi connectivity index (χ3n) is 9.89. The van der Waals surface area contributed by atoms with Crippen LogP contribution >= 0.6 is 0 Å². The molecule has 0 heterocycles. The van der Waals surface area contributed by atoms with E-state index in [0.29, 0.717) is 19.3 Å². The smallest absolute Gasteiger partial charge is 0.306 e. The first-order valence-electron chi connectivity index (χ1n) is 26.3. The maximum absolute atomic E-state index is 12.8. The van der Waals surface area contributed by atoms with Gasteiger partial charge in [-0.3, -0.25) is 14.4 Å². The minimum Gasteiger partial charge on any atom is -0.462 e. The van der Waals surface area contributed by atoms with Crippen molar-refractivity contribution in [2.75, 3.05) is 13.2 Å². The molecule has 0 aromatic carbocycles. The monoisotopic (exact) mass is 945 g/mol. The van der Waals surface area contributed by atoms with Gasteiger partial charge in [0.1, 0.15) is 13.2 Å². The molecule has 0 atom stereocenters. The standard InChI is InChI=1S/C63H92O6/c1-4-7-10-13-16-19-22-25-28-31-34-37-40-43-46-49-52-55-61(64)67-58-60(69-63(66)57-54-51-48-45-42-39-36-33-30-27-24-21-18-15-12-9-6-3)59-68-62(65)56-53-50-47-44-41-38-35-32-29-26-23-20-17-14-11-8-5-2/h7-12,16-21,25-30,34-39,43-48,60H,4-6,13-15,22-24,31-33,40-42,49-59H2,1-3H3. The van der Waals surface area contributed by atoms with Crippen LogP contribution in [0.15, 0.2) is 182 Å². The summed E-state index contributed by atoms with van der Waals surface area (Å²) in [7, 11) is 0. The molecule has 0 radical (unpaired) electrons. The molecule has 0 aromatic heterocycles. The minimum absolute atomic E-state index is 0.158. The molecule has 0 aliphatic rings. The molecule has 6 heteroatoms. The van der Waals surface area contributed by atoms with E-state index >= 15 is 0 Å². The Labute approximate surface area is 421 Å². The zero-order chi connectivity index (χ0) is 50.0. The van der Waals surface area contributed by atoms with Crippen molar-refractivity contribution < 1.29 is 28.6 Å². The number of hydrogen-bond acceptors (Lipinski definition) is 6. The van der Waals surface area contributed by atoms with E-state index in [0.717, 1.165) is 116 Å². The highest BCUT2D eigenvalue weighted by Crippen LogP contribution is 2.09. The zero-order valence-electron chi connectivity index (χ0n) is 43.2. The molecule has 0 amide bonds. The van der Waals surface area contributed by atoms with Gasteiger partial charge in [-0.25, -0.2) is 0 Å². The number of ether oxygens (including phenoxy) is 3. The highest BCUT2D eigenvalue weighted by atomic mass is 16.6. The van der Waals surface area contributed by atoms with Crippen molar-refractivity contribution >= 4 is 17.9 Å². The summed E-state index contributed by atoms with van der Waals surface area (Å²) in [6.07, 6.45) is 83.2. The number of allylic oxidation sites excluding steroid dienone is 30. The van der Waals surface area contributed by atoms with Crippen LogP contribution in [0.25, 0.3) is 0 Å². The number of carbonyl (C=O) groups is 3. The quantitative estimate of drug-likeness (QED) is 0.0262. The van der Waals surface area contributed by atoms with Gasteiger partial charge in [0.05, 0.1) is 0 Å². The van der Waals surface area contributed by atoms with Crippen molar-refractivity contribution in [2.45, 2.75) is 181 Å². The van der Waals surface area contributed by atoms with Gasteiger partial charge in [0.15, 0.2) is 6.10 Å². The third kappa shape index (κ3) is 53.3. The Bertz CT molecular complexity index is 1610. The molecule has 0 aromatic rings. The summed E-state index contributed by atoms with van der Waals surface area (Å²) in [5, 5.41) is 0. The SMILES string of the molecule is CCC=CCC=CCC=CCC=CCC=CCCCC(=O)OCC(COC(=O)CCCC=CCC=CCC=CCC=CCC=CCC)OC(=O)CCCC=CCC=CCC=CCC=CCC=CCC. The van der Waals surface area contributed by atoms with Gasteiger partial charge in [-0.1, -0.05) is 203 Å². The molecular formula is C63H92O6. The van der Waals surface area contributed by atoms with E-state index in [1.54, 1.807) is 0 Å². The fourth-order valence-electron chi connectivity index (χ4n) is 6.08. The highest BCUT2D eigenvalue weighted by Gasteiger charge is 2.19. The minimum atomic E-state index is -0.865. The first-order valence-corrected chi connectivity index (χ1v) is 26.3.